The Kier molecular flexibility index (Phi) is 2.87. The van der Waals surface area contributed by atoms with Gasteiger partial charge in [0.2, 0.25) is 0 Å². The van der Waals surface area contributed by atoms with Gasteiger partial charge in [0.15, 0.2) is 5.65 Å². The number of aryl methyl sites for hydroxylation is 2. The van der Waals surface area contributed by atoms with Crippen molar-refractivity contribution in [3.63, 3.8) is 0 Å². The van der Waals surface area contributed by atoms with Crippen LogP contribution in [0.2, 0.25) is 0 Å². The zero-order chi connectivity index (χ0) is 15.3. The maximum atomic E-state index is 12.2. The Hall–Kier alpha value is -2.47. The van der Waals surface area contributed by atoms with E-state index < -0.39 is 0 Å². The monoisotopic (exact) mass is 310 g/mol. The second kappa shape index (κ2) is 4.78. The molecule has 110 valence electrons. The van der Waals surface area contributed by atoms with Crippen molar-refractivity contribution in [2.75, 3.05) is 0 Å². The summed E-state index contributed by atoms with van der Waals surface area (Å²) in [7, 11) is 3.55. The molecular formula is C16H14N4OS. The molecule has 0 saturated heterocycles. The van der Waals surface area contributed by atoms with Crippen LogP contribution in [-0.4, -0.2) is 19.3 Å². The summed E-state index contributed by atoms with van der Waals surface area (Å²) in [6.45, 7) is 0. The average molecular weight is 310 g/mol. The molecule has 0 aliphatic carbocycles. The normalized spacial score (nSPS) is 11.5. The van der Waals surface area contributed by atoms with Gasteiger partial charge in [-0.05, 0) is 5.56 Å². The van der Waals surface area contributed by atoms with Crippen LogP contribution >= 0.6 is 11.3 Å². The van der Waals surface area contributed by atoms with Gasteiger partial charge < -0.3 is 4.57 Å². The van der Waals surface area contributed by atoms with Gasteiger partial charge in [0, 0.05) is 25.9 Å². The molecular weight excluding hydrogens is 296 g/mol. The molecule has 0 bridgehead atoms. The van der Waals surface area contributed by atoms with Crippen LogP contribution in [0.15, 0.2) is 41.3 Å². The lowest BCUT2D eigenvalue weighted by molar-refractivity contribution is 0.713. The van der Waals surface area contributed by atoms with Crippen LogP contribution in [0.1, 0.15) is 10.6 Å². The van der Waals surface area contributed by atoms with E-state index in [2.05, 4.69) is 17.2 Å². The molecule has 3 heterocycles. The van der Waals surface area contributed by atoms with Crippen LogP contribution in [0.4, 0.5) is 0 Å². The van der Waals surface area contributed by atoms with Gasteiger partial charge in [-0.15, -0.1) is 11.3 Å². The molecule has 0 unspecified atom stereocenters. The number of rotatable bonds is 2. The number of fused-ring (bicyclic) bond motifs is 3. The van der Waals surface area contributed by atoms with Gasteiger partial charge in [-0.1, -0.05) is 30.3 Å². The number of benzene rings is 1. The highest BCUT2D eigenvalue weighted by Crippen LogP contribution is 2.31. The Bertz CT molecular complexity index is 1040. The molecule has 0 aliphatic rings. The van der Waals surface area contributed by atoms with E-state index in [1.54, 1.807) is 24.6 Å². The lowest BCUT2D eigenvalue weighted by Gasteiger charge is -1.99. The molecule has 4 aromatic rings. The van der Waals surface area contributed by atoms with Crippen molar-refractivity contribution in [2.24, 2.45) is 14.1 Å². The molecule has 6 heteroatoms. The van der Waals surface area contributed by atoms with Gasteiger partial charge >= 0.3 is 0 Å². The molecule has 0 amide bonds. The van der Waals surface area contributed by atoms with Crippen molar-refractivity contribution in [2.45, 2.75) is 6.42 Å². The van der Waals surface area contributed by atoms with E-state index in [0.717, 1.165) is 27.2 Å². The SMILES string of the molecule is Cn1ncc2c3sc(Cc4ccccc4)nc3n(C)c2c1=O. The standard InChI is InChI=1S/C16H14N4OS/c1-19-13-11(9-17-20(2)16(13)21)14-15(19)18-12(22-14)8-10-6-4-3-5-7-10/h3-7,9H,8H2,1-2H3. The van der Waals surface area contributed by atoms with Gasteiger partial charge in [0.25, 0.3) is 5.56 Å². The maximum absolute atomic E-state index is 12.2. The van der Waals surface area contributed by atoms with E-state index >= 15 is 0 Å². The molecule has 0 spiro atoms. The summed E-state index contributed by atoms with van der Waals surface area (Å²) < 4.78 is 4.27. The van der Waals surface area contributed by atoms with Crippen LogP contribution in [0.5, 0.6) is 0 Å². The Labute approximate surface area is 130 Å². The van der Waals surface area contributed by atoms with Crippen LogP contribution in [0.25, 0.3) is 21.3 Å². The lowest BCUT2D eigenvalue weighted by atomic mass is 10.2. The highest BCUT2D eigenvalue weighted by Gasteiger charge is 2.17. The minimum Gasteiger partial charge on any atom is -0.323 e. The molecule has 5 nitrogen and oxygen atoms in total. The second-order valence-electron chi connectivity index (χ2n) is 5.32. The zero-order valence-corrected chi connectivity index (χ0v) is 13.1. The zero-order valence-electron chi connectivity index (χ0n) is 12.3. The van der Waals surface area contributed by atoms with Crippen molar-refractivity contribution >= 4 is 32.6 Å². The van der Waals surface area contributed by atoms with E-state index in [1.165, 1.54) is 10.2 Å². The fraction of sp³-hybridized carbons (Fsp3) is 0.188. The summed E-state index contributed by atoms with van der Waals surface area (Å²) in [5.41, 5.74) is 2.67. The van der Waals surface area contributed by atoms with E-state index in [9.17, 15) is 4.79 Å². The molecule has 4 rings (SSSR count). The molecule has 0 atom stereocenters. The lowest BCUT2D eigenvalue weighted by Crippen LogP contribution is -2.20. The first-order valence-electron chi connectivity index (χ1n) is 6.99. The fourth-order valence-electron chi connectivity index (χ4n) is 2.73. The largest absolute Gasteiger partial charge is 0.323 e. The molecule has 22 heavy (non-hydrogen) atoms. The summed E-state index contributed by atoms with van der Waals surface area (Å²) in [6.07, 6.45) is 2.56. The molecule has 3 aromatic heterocycles. The third-order valence-electron chi connectivity index (χ3n) is 3.86. The summed E-state index contributed by atoms with van der Waals surface area (Å²) in [5.74, 6) is 0. The van der Waals surface area contributed by atoms with Crippen LogP contribution in [0, 0.1) is 0 Å². The van der Waals surface area contributed by atoms with E-state index in [0.29, 0.717) is 5.52 Å². The predicted molar refractivity (Wildman–Crippen MR) is 88.4 cm³/mol. The molecule has 0 radical (unpaired) electrons. The molecule has 0 N–H and O–H groups in total. The third-order valence-corrected chi connectivity index (χ3v) is 4.94. The Morgan fingerprint density at radius 1 is 1.18 bits per heavy atom. The van der Waals surface area contributed by atoms with Crippen molar-refractivity contribution in [1.82, 2.24) is 19.3 Å². The second-order valence-corrected chi connectivity index (χ2v) is 6.40. The summed E-state index contributed by atoms with van der Waals surface area (Å²) in [5, 5.41) is 6.07. The smallest absolute Gasteiger partial charge is 0.291 e. The van der Waals surface area contributed by atoms with E-state index in [-0.39, 0.29) is 5.56 Å². The summed E-state index contributed by atoms with van der Waals surface area (Å²) in [4.78, 5) is 17.0. The van der Waals surface area contributed by atoms with E-state index in [1.807, 2.05) is 29.8 Å². The minimum atomic E-state index is -0.0881. The number of nitrogens with zero attached hydrogens (tertiary/aromatic N) is 4. The third kappa shape index (κ3) is 1.88. The first kappa shape index (κ1) is 13.2. The van der Waals surface area contributed by atoms with Crippen molar-refractivity contribution < 1.29 is 0 Å². The van der Waals surface area contributed by atoms with Crippen molar-refractivity contribution in [3.05, 3.63) is 57.5 Å². The van der Waals surface area contributed by atoms with Crippen LogP contribution in [0.3, 0.4) is 0 Å². The highest BCUT2D eigenvalue weighted by atomic mass is 32.1. The summed E-state index contributed by atoms with van der Waals surface area (Å²) >= 11 is 1.64. The van der Waals surface area contributed by atoms with Gasteiger partial charge in [0.1, 0.15) is 10.5 Å². The molecule has 0 aliphatic heterocycles. The maximum Gasteiger partial charge on any atom is 0.291 e. The molecule has 0 saturated carbocycles. The van der Waals surface area contributed by atoms with Crippen molar-refractivity contribution in [3.8, 4) is 0 Å². The topological polar surface area (TPSA) is 52.7 Å². The number of aromatic nitrogens is 4. The molecule has 0 fully saturated rings. The fourth-order valence-corrected chi connectivity index (χ4v) is 3.87. The van der Waals surface area contributed by atoms with Gasteiger partial charge in [-0.2, -0.15) is 5.10 Å². The van der Waals surface area contributed by atoms with Gasteiger partial charge in [0.05, 0.1) is 10.9 Å². The minimum absolute atomic E-state index is 0.0881. The number of hydrogen-bond donors (Lipinski definition) is 0. The van der Waals surface area contributed by atoms with Crippen LogP contribution < -0.4 is 5.56 Å². The van der Waals surface area contributed by atoms with Crippen molar-refractivity contribution in [1.29, 1.82) is 0 Å². The first-order chi connectivity index (χ1) is 10.6. The van der Waals surface area contributed by atoms with Gasteiger partial charge in [-0.3, -0.25) is 4.79 Å². The quantitative estimate of drug-likeness (QED) is 0.571. The number of thiazole rings is 1. The van der Waals surface area contributed by atoms with Crippen LogP contribution in [-0.2, 0) is 20.5 Å². The van der Waals surface area contributed by atoms with E-state index in [4.69, 9.17) is 4.98 Å². The highest BCUT2D eigenvalue weighted by molar-refractivity contribution is 7.19. The van der Waals surface area contributed by atoms with Gasteiger partial charge in [-0.25, -0.2) is 9.67 Å². The molecule has 1 aromatic carbocycles. The number of hydrogen-bond acceptors (Lipinski definition) is 4. The summed E-state index contributed by atoms with van der Waals surface area (Å²) in [6, 6.07) is 10.3. The average Bonchev–Trinajstić information content (AvgIpc) is 3.03. The predicted octanol–water partition coefficient (Wildman–Crippen LogP) is 2.47. The Balaban J connectivity index is 1.91. The first-order valence-corrected chi connectivity index (χ1v) is 7.81. The Morgan fingerprint density at radius 2 is 1.95 bits per heavy atom. The Morgan fingerprint density at radius 3 is 2.73 bits per heavy atom.